The van der Waals surface area contributed by atoms with E-state index >= 15 is 0 Å². The highest BCUT2D eigenvalue weighted by Crippen LogP contribution is 2.29. The fraction of sp³-hybridized carbons (Fsp3) is 0.389. The van der Waals surface area contributed by atoms with E-state index in [-0.39, 0.29) is 24.1 Å². The molecule has 1 aromatic heterocycles. The minimum absolute atomic E-state index is 0.0591. The Balaban J connectivity index is 1.80. The van der Waals surface area contributed by atoms with Crippen LogP contribution in [0.4, 0.5) is 19.0 Å². The Bertz CT molecular complexity index is 821. The quantitative estimate of drug-likeness (QED) is 0.746. The standard InChI is InChI=1S/C18H20F3N3O3S/c1-11-8-15(23-27-11)22-17(26)12(2)28-10-16(25)24(3)9-13-4-6-14(7-5-13)18(19,20)21/h4-8,12H,9-10H2,1-3H3,(H,22,23,26). The number of aromatic nitrogens is 1. The third-order valence-electron chi connectivity index (χ3n) is 3.83. The Morgan fingerprint density at radius 1 is 1.29 bits per heavy atom. The van der Waals surface area contributed by atoms with Gasteiger partial charge in [-0.05, 0) is 31.5 Å². The zero-order chi connectivity index (χ0) is 20.9. The van der Waals surface area contributed by atoms with E-state index in [2.05, 4.69) is 10.5 Å². The molecule has 1 atom stereocenters. The van der Waals surface area contributed by atoms with Crippen molar-refractivity contribution >= 4 is 29.4 Å². The van der Waals surface area contributed by atoms with Crippen molar-refractivity contribution in [3.8, 4) is 0 Å². The number of carbonyl (C=O) groups is 2. The van der Waals surface area contributed by atoms with Crippen LogP contribution in [0.15, 0.2) is 34.9 Å². The molecule has 28 heavy (non-hydrogen) atoms. The Morgan fingerprint density at radius 3 is 2.46 bits per heavy atom. The van der Waals surface area contributed by atoms with Gasteiger partial charge < -0.3 is 14.7 Å². The van der Waals surface area contributed by atoms with Gasteiger partial charge in [-0.2, -0.15) is 13.2 Å². The van der Waals surface area contributed by atoms with E-state index in [0.29, 0.717) is 17.1 Å². The highest BCUT2D eigenvalue weighted by Gasteiger charge is 2.30. The van der Waals surface area contributed by atoms with Crippen molar-refractivity contribution in [1.29, 1.82) is 0 Å². The molecule has 0 radical (unpaired) electrons. The SMILES string of the molecule is Cc1cc(NC(=O)C(C)SCC(=O)N(C)Cc2ccc(C(F)(F)F)cc2)no1. The molecule has 6 nitrogen and oxygen atoms in total. The maximum Gasteiger partial charge on any atom is 0.416 e. The molecule has 2 rings (SSSR count). The molecule has 1 heterocycles. The molecule has 0 aliphatic heterocycles. The maximum atomic E-state index is 12.6. The Morgan fingerprint density at radius 2 is 1.93 bits per heavy atom. The zero-order valence-corrected chi connectivity index (χ0v) is 16.4. The van der Waals surface area contributed by atoms with Crippen molar-refractivity contribution < 1.29 is 27.3 Å². The van der Waals surface area contributed by atoms with Gasteiger partial charge in [0.25, 0.3) is 0 Å². The second kappa shape index (κ2) is 9.13. The molecule has 0 aliphatic rings. The molecule has 152 valence electrons. The van der Waals surface area contributed by atoms with Gasteiger partial charge in [-0.1, -0.05) is 17.3 Å². The third kappa shape index (κ3) is 6.29. The molecule has 0 bridgehead atoms. The number of nitrogens with one attached hydrogen (secondary N) is 1. The van der Waals surface area contributed by atoms with E-state index in [1.807, 2.05) is 0 Å². The molecule has 0 aliphatic carbocycles. The van der Waals surface area contributed by atoms with Gasteiger partial charge in [0.2, 0.25) is 11.8 Å². The topological polar surface area (TPSA) is 75.4 Å². The number of anilines is 1. The summed E-state index contributed by atoms with van der Waals surface area (Å²) < 4.78 is 42.6. The number of thioether (sulfide) groups is 1. The van der Waals surface area contributed by atoms with Crippen LogP contribution in [0.25, 0.3) is 0 Å². The predicted molar refractivity (Wildman–Crippen MR) is 99.7 cm³/mol. The van der Waals surface area contributed by atoms with Crippen LogP contribution in [0.1, 0.15) is 23.8 Å². The monoisotopic (exact) mass is 415 g/mol. The summed E-state index contributed by atoms with van der Waals surface area (Å²) in [6.45, 7) is 3.54. The summed E-state index contributed by atoms with van der Waals surface area (Å²) in [7, 11) is 1.56. The van der Waals surface area contributed by atoms with Crippen LogP contribution in [0.2, 0.25) is 0 Å². The van der Waals surface area contributed by atoms with E-state index in [1.165, 1.54) is 17.0 Å². The van der Waals surface area contributed by atoms with Gasteiger partial charge in [-0.15, -0.1) is 11.8 Å². The number of alkyl halides is 3. The number of benzene rings is 1. The fourth-order valence-corrected chi connectivity index (χ4v) is 3.02. The molecule has 1 N–H and O–H groups in total. The molecule has 0 saturated heterocycles. The van der Waals surface area contributed by atoms with Crippen molar-refractivity contribution in [2.75, 3.05) is 18.1 Å². The van der Waals surface area contributed by atoms with E-state index in [0.717, 1.165) is 23.9 Å². The summed E-state index contributed by atoms with van der Waals surface area (Å²) in [6.07, 6.45) is -4.39. The molecular formula is C18H20F3N3O3S. The molecule has 2 amide bonds. The first-order valence-electron chi connectivity index (χ1n) is 8.32. The third-order valence-corrected chi connectivity index (χ3v) is 4.96. The lowest BCUT2D eigenvalue weighted by Crippen LogP contribution is -2.30. The number of amides is 2. The number of halogens is 3. The lowest BCUT2D eigenvalue weighted by Gasteiger charge is -2.18. The number of nitrogens with zero attached hydrogens (tertiary/aromatic N) is 2. The van der Waals surface area contributed by atoms with E-state index < -0.39 is 17.0 Å². The number of hydrogen-bond acceptors (Lipinski definition) is 5. The highest BCUT2D eigenvalue weighted by molar-refractivity contribution is 8.01. The minimum atomic E-state index is -4.39. The number of hydrogen-bond donors (Lipinski definition) is 1. The van der Waals surface area contributed by atoms with Gasteiger partial charge >= 0.3 is 6.18 Å². The molecule has 0 saturated carbocycles. The Labute approximate surface area is 164 Å². The van der Waals surface area contributed by atoms with Crippen LogP contribution in [-0.2, 0) is 22.3 Å². The smallest absolute Gasteiger partial charge is 0.360 e. The molecule has 1 unspecified atom stereocenters. The first-order chi connectivity index (χ1) is 13.1. The fourth-order valence-electron chi connectivity index (χ4n) is 2.20. The van der Waals surface area contributed by atoms with Gasteiger partial charge in [0.1, 0.15) is 5.76 Å². The largest absolute Gasteiger partial charge is 0.416 e. The summed E-state index contributed by atoms with van der Waals surface area (Å²) in [6, 6.07) is 6.24. The van der Waals surface area contributed by atoms with Gasteiger partial charge in [-0.3, -0.25) is 9.59 Å². The summed E-state index contributed by atoms with van der Waals surface area (Å²) in [5.74, 6) is 0.388. The van der Waals surface area contributed by atoms with Crippen molar-refractivity contribution in [2.24, 2.45) is 0 Å². The van der Waals surface area contributed by atoms with Gasteiger partial charge in [0, 0.05) is 19.7 Å². The van der Waals surface area contributed by atoms with Crippen LogP contribution in [0.3, 0.4) is 0 Å². The second-order valence-corrected chi connectivity index (χ2v) is 7.54. The van der Waals surface area contributed by atoms with Gasteiger partial charge in [-0.25, -0.2) is 0 Å². The van der Waals surface area contributed by atoms with Crippen LogP contribution < -0.4 is 5.32 Å². The maximum absolute atomic E-state index is 12.6. The van der Waals surface area contributed by atoms with Gasteiger partial charge in [0.15, 0.2) is 5.82 Å². The molecule has 0 fully saturated rings. The summed E-state index contributed by atoms with van der Waals surface area (Å²) in [4.78, 5) is 25.7. The summed E-state index contributed by atoms with van der Waals surface area (Å²) in [5, 5.41) is 5.76. The van der Waals surface area contributed by atoms with Crippen LogP contribution >= 0.6 is 11.8 Å². The van der Waals surface area contributed by atoms with Crippen molar-refractivity contribution in [3.63, 3.8) is 0 Å². The first-order valence-corrected chi connectivity index (χ1v) is 9.37. The lowest BCUT2D eigenvalue weighted by atomic mass is 10.1. The molecule has 10 heteroatoms. The first kappa shape index (κ1) is 21.8. The van der Waals surface area contributed by atoms with E-state index in [4.69, 9.17) is 4.52 Å². The van der Waals surface area contributed by atoms with Gasteiger partial charge in [0.05, 0.1) is 16.6 Å². The normalized spacial score (nSPS) is 12.5. The molecular weight excluding hydrogens is 395 g/mol. The van der Waals surface area contributed by atoms with Crippen molar-refractivity contribution in [3.05, 3.63) is 47.2 Å². The van der Waals surface area contributed by atoms with Crippen LogP contribution in [0, 0.1) is 6.92 Å². The van der Waals surface area contributed by atoms with Crippen molar-refractivity contribution in [2.45, 2.75) is 31.8 Å². The highest BCUT2D eigenvalue weighted by atomic mass is 32.2. The lowest BCUT2D eigenvalue weighted by molar-refractivity contribution is -0.137. The molecule has 1 aromatic carbocycles. The minimum Gasteiger partial charge on any atom is -0.360 e. The number of carbonyl (C=O) groups excluding carboxylic acids is 2. The number of rotatable bonds is 7. The van der Waals surface area contributed by atoms with E-state index in [1.54, 1.807) is 27.0 Å². The molecule has 0 spiro atoms. The second-order valence-electron chi connectivity index (χ2n) is 6.21. The van der Waals surface area contributed by atoms with Crippen molar-refractivity contribution in [1.82, 2.24) is 10.1 Å². The summed E-state index contributed by atoms with van der Waals surface area (Å²) in [5.41, 5.74) is -0.149. The summed E-state index contributed by atoms with van der Waals surface area (Å²) >= 11 is 1.15. The predicted octanol–water partition coefficient (Wildman–Crippen LogP) is 3.72. The average molecular weight is 415 g/mol. The number of aryl methyl sites for hydroxylation is 1. The zero-order valence-electron chi connectivity index (χ0n) is 15.5. The Kier molecular flexibility index (Phi) is 7.11. The van der Waals surface area contributed by atoms with E-state index in [9.17, 15) is 22.8 Å². The molecule has 2 aromatic rings. The Hall–Kier alpha value is -2.49. The van der Waals surface area contributed by atoms with Crippen LogP contribution in [0.5, 0.6) is 0 Å². The average Bonchev–Trinajstić information content (AvgIpc) is 3.03. The van der Waals surface area contributed by atoms with Crippen LogP contribution in [-0.4, -0.2) is 39.9 Å².